The zero-order valence-electron chi connectivity index (χ0n) is 13.9. The van der Waals surface area contributed by atoms with Crippen molar-refractivity contribution in [2.75, 3.05) is 18.5 Å². The minimum atomic E-state index is -0.752. The van der Waals surface area contributed by atoms with Gasteiger partial charge in [0.1, 0.15) is 24.7 Å². The van der Waals surface area contributed by atoms with Gasteiger partial charge >= 0.3 is 6.09 Å². The highest BCUT2D eigenvalue weighted by Crippen LogP contribution is 2.32. The third-order valence-electron chi connectivity index (χ3n) is 3.75. The van der Waals surface area contributed by atoms with Gasteiger partial charge in [-0.25, -0.2) is 14.8 Å². The fourth-order valence-electron chi connectivity index (χ4n) is 2.59. The molecule has 1 aromatic carbocycles. The molecule has 0 radical (unpaired) electrons. The summed E-state index contributed by atoms with van der Waals surface area (Å²) in [5, 5.41) is 5.92. The fourth-order valence-corrected chi connectivity index (χ4v) is 2.59. The summed E-state index contributed by atoms with van der Waals surface area (Å²) in [7, 11) is 0. The lowest BCUT2D eigenvalue weighted by atomic mass is 10.1. The van der Waals surface area contributed by atoms with Gasteiger partial charge in [0.2, 0.25) is 0 Å². The lowest BCUT2D eigenvalue weighted by Gasteiger charge is -2.16. The van der Waals surface area contributed by atoms with Crippen LogP contribution in [0.3, 0.4) is 0 Å². The Labute approximate surface area is 143 Å². The molecule has 1 aromatic heterocycles. The second-order valence-electron chi connectivity index (χ2n) is 5.63. The SMILES string of the molecule is CCOc1cc2ncnc(C(C)N)c2cc1NC(=O)C1COC(=O)N1. The van der Waals surface area contributed by atoms with Crippen LogP contribution in [-0.4, -0.2) is 41.2 Å². The van der Waals surface area contributed by atoms with Crippen molar-refractivity contribution in [3.05, 3.63) is 24.2 Å². The first-order chi connectivity index (χ1) is 12.0. The van der Waals surface area contributed by atoms with E-state index in [1.165, 1.54) is 6.33 Å². The average Bonchev–Trinajstić information content (AvgIpc) is 3.01. The average molecular weight is 345 g/mol. The Bertz CT molecular complexity index is 824. The number of anilines is 1. The molecule has 25 heavy (non-hydrogen) atoms. The first-order valence-electron chi connectivity index (χ1n) is 7.90. The van der Waals surface area contributed by atoms with Gasteiger partial charge in [-0.05, 0) is 19.9 Å². The molecule has 2 heterocycles. The van der Waals surface area contributed by atoms with Gasteiger partial charge in [-0.2, -0.15) is 0 Å². The third-order valence-corrected chi connectivity index (χ3v) is 3.75. The summed E-state index contributed by atoms with van der Waals surface area (Å²) in [6, 6.07) is 2.41. The van der Waals surface area contributed by atoms with E-state index in [9.17, 15) is 9.59 Å². The minimum absolute atomic E-state index is 0.0174. The van der Waals surface area contributed by atoms with Crippen molar-refractivity contribution in [1.29, 1.82) is 0 Å². The third kappa shape index (κ3) is 3.45. The number of fused-ring (bicyclic) bond motifs is 1. The molecule has 1 saturated heterocycles. The van der Waals surface area contributed by atoms with Crippen LogP contribution in [0, 0.1) is 0 Å². The van der Waals surface area contributed by atoms with E-state index in [-0.39, 0.29) is 12.6 Å². The monoisotopic (exact) mass is 345 g/mol. The van der Waals surface area contributed by atoms with Gasteiger partial charge in [-0.1, -0.05) is 0 Å². The zero-order valence-corrected chi connectivity index (χ0v) is 13.9. The van der Waals surface area contributed by atoms with Crippen molar-refractivity contribution in [2.45, 2.75) is 25.9 Å². The molecule has 2 amide bonds. The second kappa shape index (κ2) is 6.89. The van der Waals surface area contributed by atoms with Crippen LogP contribution in [0.5, 0.6) is 5.75 Å². The van der Waals surface area contributed by atoms with Crippen LogP contribution in [0.25, 0.3) is 10.9 Å². The smallest absolute Gasteiger partial charge is 0.407 e. The summed E-state index contributed by atoms with van der Waals surface area (Å²) in [4.78, 5) is 31.9. The molecular weight excluding hydrogens is 326 g/mol. The molecule has 1 fully saturated rings. The van der Waals surface area contributed by atoms with Gasteiger partial charge in [-0.15, -0.1) is 0 Å². The predicted molar refractivity (Wildman–Crippen MR) is 90.2 cm³/mol. The number of nitrogens with one attached hydrogen (secondary N) is 2. The number of amides is 2. The summed E-state index contributed by atoms with van der Waals surface area (Å²) in [6.45, 7) is 4.06. The van der Waals surface area contributed by atoms with E-state index in [1.807, 2.05) is 13.8 Å². The van der Waals surface area contributed by atoms with E-state index in [2.05, 4.69) is 20.6 Å². The quantitative estimate of drug-likeness (QED) is 0.740. The molecule has 2 unspecified atom stereocenters. The van der Waals surface area contributed by atoms with E-state index in [0.29, 0.717) is 29.3 Å². The van der Waals surface area contributed by atoms with E-state index in [4.69, 9.17) is 15.2 Å². The van der Waals surface area contributed by atoms with Crippen LogP contribution in [0.2, 0.25) is 0 Å². The Kier molecular flexibility index (Phi) is 4.66. The molecule has 3 rings (SSSR count). The first-order valence-corrected chi connectivity index (χ1v) is 7.90. The Morgan fingerprint density at radius 2 is 2.32 bits per heavy atom. The summed E-state index contributed by atoms with van der Waals surface area (Å²) in [5.74, 6) is 0.0771. The van der Waals surface area contributed by atoms with Gasteiger partial charge in [0, 0.05) is 17.5 Å². The van der Waals surface area contributed by atoms with Crippen LogP contribution in [0.1, 0.15) is 25.6 Å². The normalized spacial score (nSPS) is 17.7. The number of hydrogen-bond acceptors (Lipinski definition) is 7. The molecule has 0 aliphatic carbocycles. The number of nitrogens with zero attached hydrogens (tertiary/aromatic N) is 2. The van der Waals surface area contributed by atoms with Crippen LogP contribution in [-0.2, 0) is 9.53 Å². The summed E-state index contributed by atoms with van der Waals surface area (Å²) >= 11 is 0. The highest BCUT2D eigenvalue weighted by Gasteiger charge is 2.29. The predicted octanol–water partition coefficient (Wildman–Crippen LogP) is 1.10. The van der Waals surface area contributed by atoms with Crippen molar-refractivity contribution < 1.29 is 19.1 Å². The number of aromatic nitrogens is 2. The van der Waals surface area contributed by atoms with Gasteiger partial charge in [0.15, 0.2) is 0 Å². The maximum atomic E-state index is 12.4. The van der Waals surface area contributed by atoms with Crippen LogP contribution < -0.4 is 21.1 Å². The van der Waals surface area contributed by atoms with Crippen LogP contribution >= 0.6 is 0 Å². The molecule has 132 valence electrons. The van der Waals surface area contributed by atoms with Crippen LogP contribution in [0.15, 0.2) is 18.5 Å². The molecule has 9 nitrogen and oxygen atoms in total. The number of carbonyl (C=O) groups is 2. The number of ether oxygens (including phenoxy) is 2. The van der Waals surface area contributed by atoms with Crippen molar-refractivity contribution in [3.63, 3.8) is 0 Å². The molecular formula is C16H19N5O4. The minimum Gasteiger partial charge on any atom is -0.492 e. The van der Waals surface area contributed by atoms with Gasteiger partial charge < -0.3 is 25.8 Å². The number of carbonyl (C=O) groups excluding carboxylic acids is 2. The van der Waals surface area contributed by atoms with Crippen molar-refractivity contribution in [2.24, 2.45) is 5.73 Å². The van der Waals surface area contributed by atoms with Gasteiger partial charge in [-0.3, -0.25) is 4.79 Å². The van der Waals surface area contributed by atoms with E-state index < -0.39 is 18.0 Å². The highest BCUT2D eigenvalue weighted by molar-refractivity contribution is 6.01. The van der Waals surface area contributed by atoms with Crippen molar-refractivity contribution in [1.82, 2.24) is 15.3 Å². The molecule has 1 aliphatic heterocycles. The van der Waals surface area contributed by atoms with Crippen molar-refractivity contribution in [3.8, 4) is 5.75 Å². The van der Waals surface area contributed by atoms with Gasteiger partial charge in [0.25, 0.3) is 5.91 Å². The zero-order chi connectivity index (χ0) is 18.0. The molecule has 0 spiro atoms. The number of alkyl carbamates (subject to hydrolysis) is 1. The topological polar surface area (TPSA) is 128 Å². The first kappa shape index (κ1) is 16.9. The Morgan fingerprint density at radius 3 is 2.96 bits per heavy atom. The Morgan fingerprint density at radius 1 is 1.52 bits per heavy atom. The van der Waals surface area contributed by atoms with E-state index in [0.717, 1.165) is 5.39 Å². The Balaban J connectivity index is 1.99. The number of hydrogen-bond donors (Lipinski definition) is 3. The maximum absolute atomic E-state index is 12.4. The molecule has 2 aromatic rings. The maximum Gasteiger partial charge on any atom is 0.407 e. The Hall–Kier alpha value is -2.94. The summed E-state index contributed by atoms with van der Waals surface area (Å²) in [6.07, 6.45) is 0.830. The lowest BCUT2D eigenvalue weighted by molar-refractivity contribution is -0.117. The number of nitrogens with two attached hydrogens (primary N) is 1. The van der Waals surface area contributed by atoms with Crippen LogP contribution in [0.4, 0.5) is 10.5 Å². The number of benzene rings is 1. The summed E-state index contributed by atoms with van der Waals surface area (Å²) < 4.78 is 10.3. The number of cyclic esters (lactones) is 1. The fraction of sp³-hybridized carbons (Fsp3) is 0.375. The lowest BCUT2D eigenvalue weighted by Crippen LogP contribution is -2.38. The van der Waals surface area contributed by atoms with E-state index in [1.54, 1.807) is 12.1 Å². The summed E-state index contributed by atoms with van der Waals surface area (Å²) in [5.41, 5.74) is 7.76. The van der Waals surface area contributed by atoms with Gasteiger partial charge in [0.05, 0.1) is 23.5 Å². The molecule has 0 bridgehead atoms. The molecule has 0 saturated carbocycles. The standard InChI is InChI=1S/C16H19N5O4/c1-3-24-13-5-10-9(14(8(2)17)19-7-18-10)4-11(13)20-15(22)12-6-25-16(23)21-12/h4-5,7-8,12H,3,6,17H2,1-2H3,(H,20,22)(H,21,23). The molecule has 2 atom stereocenters. The highest BCUT2D eigenvalue weighted by atomic mass is 16.6. The molecule has 4 N–H and O–H groups in total. The number of rotatable bonds is 5. The second-order valence-corrected chi connectivity index (χ2v) is 5.63. The molecule has 1 aliphatic rings. The van der Waals surface area contributed by atoms with E-state index >= 15 is 0 Å². The van der Waals surface area contributed by atoms with Crippen molar-refractivity contribution >= 4 is 28.6 Å². The largest absolute Gasteiger partial charge is 0.492 e. The molecule has 9 heteroatoms.